The van der Waals surface area contributed by atoms with Crippen LogP contribution in [0.1, 0.15) is 16.8 Å². The molecule has 0 spiro atoms. The van der Waals surface area contributed by atoms with Crippen molar-refractivity contribution in [3.8, 4) is 10.6 Å². The zero-order valence-corrected chi connectivity index (χ0v) is 15.9. The van der Waals surface area contributed by atoms with Crippen LogP contribution in [-0.4, -0.2) is 24.5 Å². The summed E-state index contributed by atoms with van der Waals surface area (Å²) >= 11 is 1.56. The number of halogens is 1. The molecule has 0 fully saturated rings. The molecule has 0 radical (unpaired) electrons. The fourth-order valence-electron chi connectivity index (χ4n) is 2.82. The molecule has 27 heavy (non-hydrogen) atoms. The highest BCUT2D eigenvalue weighted by Gasteiger charge is 2.13. The zero-order chi connectivity index (χ0) is 18.8. The number of nitrogens with one attached hydrogen (secondary N) is 1. The first-order valence-corrected chi connectivity index (χ1v) is 9.36. The summed E-state index contributed by atoms with van der Waals surface area (Å²) in [5, 5.41) is 12.9. The lowest BCUT2D eigenvalue weighted by Gasteiger charge is -2.03. The van der Waals surface area contributed by atoms with E-state index in [2.05, 4.69) is 20.5 Å². The first-order valence-electron chi connectivity index (χ1n) is 8.54. The number of hydrogen-bond acceptors (Lipinski definition) is 5. The van der Waals surface area contributed by atoms with Crippen LogP contribution in [0.3, 0.4) is 0 Å². The highest BCUT2D eigenvalue weighted by atomic mass is 32.1. The highest BCUT2D eigenvalue weighted by Crippen LogP contribution is 2.31. The zero-order valence-electron chi connectivity index (χ0n) is 15.1. The van der Waals surface area contributed by atoms with Gasteiger partial charge in [-0.1, -0.05) is 29.5 Å². The summed E-state index contributed by atoms with van der Waals surface area (Å²) in [6.45, 7) is 3.04. The van der Waals surface area contributed by atoms with Crippen LogP contribution in [-0.2, 0) is 20.1 Å². The molecule has 4 rings (SSSR count). The minimum absolute atomic E-state index is 0.217. The summed E-state index contributed by atoms with van der Waals surface area (Å²) < 4.78 is 17.4. The average Bonchev–Trinajstić information content (AvgIpc) is 3.35. The number of aryl methyl sites for hydroxylation is 2. The lowest BCUT2D eigenvalue weighted by molar-refractivity contribution is 0.586. The Morgan fingerprint density at radius 2 is 2.07 bits per heavy atom. The van der Waals surface area contributed by atoms with Crippen molar-refractivity contribution in [1.82, 2.24) is 24.5 Å². The Morgan fingerprint density at radius 1 is 1.22 bits per heavy atom. The Hall–Kier alpha value is -3.00. The minimum Gasteiger partial charge on any atom is -0.357 e. The van der Waals surface area contributed by atoms with Gasteiger partial charge in [0, 0.05) is 37.1 Å². The van der Waals surface area contributed by atoms with Gasteiger partial charge in [0.2, 0.25) is 0 Å². The van der Waals surface area contributed by atoms with Crippen LogP contribution in [0.2, 0.25) is 0 Å². The van der Waals surface area contributed by atoms with Gasteiger partial charge in [-0.3, -0.25) is 9.36 Å². The van der Waals surface area contributed by atoms with Crippen molar-refractivity contribution < 1.29 is 4.39 Å². The van der Waals surface area contributed by atoms with Crippen molar-refractivity contribution in [2.24, 2.45) is 7.05 Å². The number of aromatic nitrogens is 5. The van der Waals surface area contributed by atoms with E-state index in [0.29, 0.717) is 18.7 Å². The van der Waals surface area contributed by atoms with E-state index in [0.717, 1.165) is 27.0 Å². The number of benzene rings is 1. The summed E-state index contributed by atoms with van der Waals surface area (Å²) in [5.41, 5.74) is 3.48. The van der Waals surface area contributed by atoms with Crippen LogP contribution in [0.15, 0.2) is 48.9 Å². The van der Waals surface area contributed by atoms with Crippen LogP contribution in [0.25, 0.3) is 10.6 Å². The topological polar surface area (TPSA) is 60.6 Å². The monoisotopic (exact) mass is 382 g/mol. The molecule has 3 aromatic heterocycles. The van der Waals surface area contributed by atoms with Gasteiger partial charge in [-0.25, -0.2) is 9.37 Å². The van der Waals surface area contributed by atoms with Crippen LogP contribution >= 0.6 is 11.3 Å². The normalized spacial score (nSPS) is 11.1. The lowest BCUT2D eigenvalue weighted by Crippen LogP contribution is -2.02. The van der Waals surface area contributed by atoms with Gasteiger partial charge in [-0.2, -0.15) is 10.2 Å². The van der Waals surface area contributed by atoms with E-state index < -0.39 is 0 Å². The van der Waals surface area contributed by atoms with E-state index in [9.17, 15) is 4.39 Å². The molecule has 1 aromatic carbocycles. The summed E-state index contributed by atoms with van der Waals surface area (Å²) in [5.74, 6) is -0.217. The molecule has 0 saturated heterocycles. The molecule has 0 aliphatic heterocycles. The fourth-order valence-corrected chi connectivity index (χ4v) is 3.75. The summed E-state index contributed by atoms with van der Waals surface area (Å²) in [6, 6.07) is 8.69. The van der Waals surface area contributed by atoms with Crippen LogP contribution in [0.5, 0.6) is 0 Å². The van der Waals surface area contributed by atoms with Gasteiger partial charge in [-0.15, -0.1) is 0 Å². The molecule has 3 heterocycles. The van der Waals surface area contributed by atoms with Crippen LogP contribution in [0, 0.1) is 12.7 Å². The summed E-state index contributed by atoms with van der Waals surface area (Å²) in [7, 11) is 1.90. The number of nitrogens with zero attached hydrogens (tertiary/aromatic N) is 5. The van der Waals surface area contributed by atoms with E-state index >= 15 is 0 Å². The van der Waals surface area contributed by atoms with Gasteiger partial charge in [0.05, 0.1) is 23.3 Å². The molecule has 0 atom stereocenters. The molecule has 138 valence electrons. The molecule has 8 heteroatoms. The third-order valence-corrected chi connectivity index (χ3v) is 5.30. The molecule has 0 bridgehead atoms. The molecule has 0 aliphatic carbocycles. The van der Waals surface area contributed by atoms with Gasteiger partial charge in [0.25, 0.3) is 0 Å². The van der Waals surface area contributed by atoms with Crippen molar-refractivity contribution in [3.63, 3.8) is 0 Å². The van der Waals surface area contributed by atoms with Gasteiger partial charge < -0.3 is 5.32 Å². The van der Waals surface area contributed by atoms with E-state index in [4.69, 9.17) is 0 Å². The molecule has 0 unspecified atom stereocenters. The van der Waals surface area contributed by atoms with Crippen LogP contribution in [0.4, 0.5) is 9.52 Å². The largest absolute Gasteiger partial charge is 0.357 e. The van der Waals surface area contributed by atoms with E-state index in [1.165, 1.54) is 6.07 Å². The van der Waals surface area contributed by atoms with Gasteiger partial charge in [0.15, 0.2) is 5.13 Å². The number of hydrogen-bond donors (Lipinski definition) is 1. The first-order chi connectivity index (χ1) is 13.1. The molecular weight excluding hydrogens is 363 g/mol. The third-order valence-electron chi connectivity index (χ3n) is 4.16. The van der Waals surface area contributed by atoms with E-state index in [1.54, 1.807) is 32.8 Å². The maximum Gasteiger partial charge on any atom is 0.183 e. The first kappa shape index (κ1) is 17.4. The van der Waals surface area contributed by atoms with E-state index in [1.807, 2.05) is 44.7 Å². The van der Waals surface area contributed by atoms with Crippen molar-refractivity contribution in [1.29, 1.82) is 0 Å². The number of rotatable bonds is 6. The Bertz CT molecular complexity index is 1060. The highest BCUT2D eigenvalue weighted by molar-refractivity contribution is 7.19. The predicted octanol–water partition coefficient (Wildman–Crippen LogP) is 3.85. The maximum atomic E-state index is 13.8. The minimum atomic E-state index is -0.217. The lowest BCUT2D eigenvalue weighted by atomic mass is 10.2. The van der Waals surface area contributed by atoms with E-state index in [-0.39, 0.29) is 5.82 Å². The second-order valence-electron chi connectivity index (χ2n) is 6.30. The molecule has 4 aromatic rings. The quantitative estimate of drug-likeness (QED) is 0.550. The van der Waals surface area contributed by atoms with Gasteiger partial charge in [0.1, 0.15) is 11.5 Å². The van der Waals surface area contributed by atoms with Gasteiger partial charge >= 0.3 is 0 Å². The smallest absolute Gasteiger partial charge is 0.183 e. The van der Waals surface area contributed by atoms with Crippen molar-refractivity contribution in [2.75, 3.05) is 5.32 Å². The second-order valence-corrected chi connectivity index (χ2v) is 7.30. The maximum absolute atomic E-state index is 13.8. The summed E-state index contributed by atoms with van der Waals surface area (Å²) in [4.78, 5) is 5.60. The fraction of sp³-hybridized carbons (Fsp3) is 0.211. The predicted molar refractivity (Wildman–Crippen MR) is 104 cm³/mol. The molecule has 0 saturated carbocycles. The Balaban J connectivity index is 1.48. The second kappa shape index (κ2) is 7.32. The third kappa shape index (κ3) is 3.90. The van der Waals surface area contributed by atoms with Crippen LogP contribution < -0.4 is 5.32 Å². The summed E-state index contributed by atoms with van der Waals surface area (Å²) in [6.07, 6.45) is 5.67. The number of thiazole rings is 1. The van der Waals surface area contributed by atoms with Crippen molar-refractivity contribution in [3.05, 3.63) is 71.6 Å². The van der Waals surface area contributed by atoms with Crippen molar-refractivity contribution >= 4 is 16.5 Å². The Kier molecular flexibility index (Phi) is 4.72. The van der Waals surface area contributed by atoms with Crippen molar-refractivity contribution in [2.45, 2.75) is 20.0 Å². The Labute approximate surface area is 160 Å². The number of anilines is 1. The molecule has 0 aliphatic rings. The average molecular weight is 382 g/mol. The molecule has 1 N–H and O–H groups in total. The molecule has 0 amide bonds. The Morgan fingerprint density at radius 3 is 2.85 bits per heavy atom. The standard InChI is InChI=1S/C19H19FN6S/c1-13-18(27-19(23-13)21-9-14-10-22-25(2)11-14)17-7-8-26(24-17)12-15-5-3-4-6-16(15)20/h3-8,10-11H,9,12H2,1-2H3,(H,21,23). The van der Waals surface area contributed by atoms with Gasteiger partial charge in [-0.05, 0) is 19.1 Å². The molecular formula is C19H19FN6S. The molecule has 6 nitrogen and oxygen atoms in total. The SMILES string of the molecule is Cc1nc(NCc2cnn(C)c2)sc1-c1ccn(Cc2ccccc2F)n1.